The SMILES string of the molecule is CCOC(=O)C1(C)C(c2ccccc2)=Nc2ccccc21. The molecule has 1 heterocycles. The summed E-state index contributed by atoms with van der Waals surface area (Å²) in [4.78, 5) is 17.3. The number of hydrogen-bond acceptors (Lipinski definition) is 3. The Morgan fingerprint density at radius 2 is 1.76 bits per heavy atom. The van der Waals surface area contributed by atoms with Gasteiger partial charge in [0.05, 0.1) is 18.0 Å². The monoisotopic (exact) mass is 279 g/mol. The number of para-hydroxylation sites is 1. The Labute approximate surface area is 124 Å². The molecule has 0 saturated heterocycles. The van der Waals surface area contributed by atoms with Gasteiger partial charge in [0, 0.05) is 5.56 Å². The van der Waals surface area contributed by atoms with Gasteiger partial charge in [-0.2, -0.15) is 0 Å². The van der Waals surface area contributed by atoms with Crippen LogP contribution in [0, 0.1) is 0 Å². The van der Waals surface area contributed by atoms with Crippen LogP contribution >= 0.6 is 0 Å². The zero-order valence-corrected chi connectivity index (χ0v) is 12.2. The molecule has 0 aromatic heterocycles. The van der Waals surface area contributed by atoms with Crippen molar-refractivity contribution in [1.82, 2.24) is 0 Å². The molecule has 1 aliphatic rings. The molecule has 2 aromatic rings. The Morgan fingerprint density at radius 1 is 1.10 bits per heavy atom. The molecular weight excluding hydrogens is 262 g/mol. The molecule has 3 heteroatoms. The minimum atomic E-state index is -0.853. The number of carbonyl (C=O) groups is 1. The first kappa shape index (κ1) is 13.6. The summed E-state index contributed by atoms with van der Waals surface area (Å²) in [6.45, 7) is 4.07. The summed E-state index contributed by atoms with van der Waals surface area (Å²) in [7, 11) is 0. The predicted molar refractivity (Wildman–Crippen MR) is 83.1 cm³/mol. The number of ether oxygens (including phenoxy) is 1. The van der Waals surface area contributed by atoms with Gasteiger partial charge >= 0.3 is 5.97 Å². The van der Waals surface area contributed by atoms with Gasteiger partial charge in [-0.3, -0.25) is 9.79 Å². The maximum Gasteiger partial charge on any atom is 0.322 e. The molecule has 0 radical (unpaired) electrons. The molecule has 1 atom stereocenters. The summed E-state index contributed by atoms with van der Waals surface area (Å²) in [6, 6.07) is 17.5. The maximum atomic E-state index is 12.6. The van der Waals surface area contributed by atoms with Crippen molar-refractivity contribution in [3.05, 3.63) is 65.7 Å². The number of fused-ring (bicyclic) bond motifs is 1. The first-order chi connectivity index (χ1) is 10.2. The number of rotatable bonds is 3. The number of esters is 1. The summed E-state index contributed by atoms with van der Waals surface area (Å²) in [5.41, 5.74) is 2.59. The van der Waals surface area contributed by atoms with E-state index < -0.39 is 5.41 Å². The van der Waals surface area contributed by atoms with Crippen LogP contribution in [0.1, 0.15) is 25.0 Å². The third kappa shape index (κ3) is 2.05. The highest BCUT2D eigenvalue weighted by atomic mass is 16.5. The summed E-state index contributed by atoms with van der Waals surface area (Å²) in [5.74, 6) is -0.252. The van der Waals surface area contributed by atoms with Crippen LogP contribution in [0.5, 0.6) is 0 Å². The normalized spacial score (nSPS) is 19.8. The summed E-state index contributed by atoms with van der Waals surface area (Å²) < 4.78 is 5.32. The summed E-state index contributed by atoms with van der Waals surface area (Å²) >= 11 is 0. The van der Waals surface area contributed by atoms with Gasteiger partial charge in [0.2, 0.25) is 0 Å². The van der Waals surface area contributed by atoms with E-state index in [1.807, 2.05) is 68.4 Å². The Morgan fingerprint density at radius 3 is 2.48 bits per heavy atom. The topological polar surface area (TPSA) is 38.7 Å². The van der Waals surface area contributed by atoms with E-state index in [1.54, 1.807) is 0 Å². The quantitative estimate of drug-likeness (QED) is 0.804. The minimum Gasteiger partial charge on any atom is -0.465 e. The lowest BCUT2D eigenvalue weighted by Crippen LogP contribution is -2.40. The van der Waals surface area contributed by atoms with Gasteiger partial charge in [-0.15, -0.1) is 0 Å². The second kappa shape index (κ2) is 5.17. The Kier molecular flexibility index (Phi) is 3.34. The highest BCUT2D eigenvalue weighted by Crippen LogP contribution is 2.42. The number of benzene rings is 2. The average Bonchev–Trinajstić information content (AvgIpc) is 2.83. The molecule has 0 amide bonds. The van der Waals surface area contributed by atoms with E-state index in [-0.39, 0.29) is 5.97 Å². The van der Waals surface area contributed by atoms with Crippen molar-refractivity contribution in [1.29, 1.82) is 0 Å². The fourth-order valence-electron chi connectivity index (χ4n) is 2.79. The Balaban J connectivity index is 2.17. The smallest absolute Gasteiger partial charge is 0.322 e. The van der Waals surface area contributed by atoms with Crippen LogP contribution in [0.15, 0.2) is 59.6 Å². The van der Waals surface area contributed by atoms with Gasteiger partial charge in [-0.05, 0) is 25.5 Å². The van der Waals surface area contributed by atoms with E-state index in [9.17, 15) is 4.79 Å². The van der Waals surface area contributed by atoms with Crippen LogP contribution in [-0.4, -0.2) is 18.3 Å². The fourth-order valence-corrected chi connectivity index (χ4v) is 2.79. The van der Waals surface area contributed by atoms with Gasteiger partial charge in [0.25, 0.3) is 0 Å². The standard InChI is InChI=1S/C18H17NO2/c1-3-21-17(20)18(2)14-11-7-8-12-15(14)19-16(18)13-9-5-4-6-10-13/h4-12H,3H2,1-2H3. The number of hydrogen-bond donors (Lipinski definition) is 0. The number of carbonyl (C=O) groups excluding carboxylic acids is 1. The van der Waals surface area contributed by atoms with Gasteiger partial charge < -0.3 is 4.74 Å². The van der Waals surface area contributed by atoms with E-state index in [0.29, 0.717) is 6.61 Å². The minimum absolute atomic E-state index is 0.252. The first-order valence-corrected chi connectivity index (χ1v) is 7.09. The molecule has 0 spiro atoms. The molecule has 0 N–H and O–H groups in total. The molecule has 21 heavy (non-hydrogen) atoms. The van der Waals surface area contributed by atoms with E-state index in [1.165, 1.54) is 0 Å². The van der Waals surface area contributed by atoms with Gasteiger partial charge in [-0.1, -0.05) is 48.5 Å². The van der Waals surface area contributed by atoms with Crippen molar-refractivity contribution in [3.63, 3.8) is 0 Å². The van der Waals surface area contributed by atoms with E-state index in [4.69, 9.17) is 9.73 Å². The van der Waals surface area contributed by atoms with Crippen LogP contribution in [0.4, 0.5) is 5.69 Å². The summed E-state index contributed by atoms with van der Waals surface area (Å²) in [6.07, 6.45) is 0. The largest absolute Gasteiger partial charge is 0.465 e. The highest BCUT2D eigenvalue weighted by molar-refractivity contribution is 6.23. The molecule has 2 aromatic carbocycles. The molecule has 1 unspecified atom stereocenters. The van der Waals surface area contributed by atoms with Crippen LogP contribution in [-0.2, 0) is 14.9 Å². The molecule has 106 valence electrons. The summed E-state index contributed by atoms with van der Waals surface area (Å²) in [5, 5.41) is 0. The molecule has 0 aliphatic carbocycles. The maximum absolute atomic E-state index is 12.6. The highest BCUT2D eigenvalue weighted by Gasteiger charge is 2.47. The predicted octanol–water partition coefficient (Wildman–Crippen LogP) is 3.64. The molecule has 3 nitrogen and oxygen atoms in total. The van der Waals surface area contributed by atoms with Crippen LogP contribution in [0.25, 0.3) is 0 Å². The number of nitrogens with zero attached hydrogens (tertiary/aromatic N) is 1. The Bertz CT molecular complexity index is 706. The molecular formula is C18H17NO2. The first-order valence-electron chi connectivity index (χ1n) is 7.09. The van der Waals surface area contributed by atoms with Crippen molar-refractivity contribution >= 4 is 17.4 Å². The van der Waals surface area contributed by atoms with Crippen molar-refractivity contribution < 1.29 is 9.53 Å². The van der Waals surface area contributed by atoms with Crippen molar-refractivity contribution in [2.45, 2.75) is 19.3 Å². The second-order valence-electron chi connectivity index (χ2n) is 5.19. The third-order valence-corrected chi connectivity index (χ3v) is 3.88. The Hall–Kier alpha value is -2.42. The van der Waals surface area contributed by atoms with Crippen LogP contribution in [0.2, 0.25) is 0 Å². The van der Waals surface area contributed by atoms with Crippen molar-refractivity contribution in [2.75, 3.05) is 6.61 Å². The molecule has 3 rings (SSSR count). The lowest BCUT2D eigenvalue weighted by Gasteiger charge is -2.25. The lowest BCUT2D eigenvalue weighted by molar-refractivity contribution is -0.146. The fraction of sp³-hybridized carbons (Fsp3) is 0.222. The molecule has 0 saturated carbocycles. The van der Waals surface area contributed by atoms with Crippen LogP contribution in [0.3, 0.4) is 0 Å². The molecule has 1 aliphatic heterocycles. The average molecular weight is 279 g/mol. The number of aliphatic imine (C=N–C) groups is 1. The molecule has 0 fully saturated rings. The molecule has 0 bridgehead atoms. The van der Waals surface area contributed by atoms with Gasteiger partial charge in [0.15, 0.2) is 0 Å². The zero-order valence-electron chi connectivity index (χ0n) is 12.2. The van der Waals surface area contributed by atoms with Crippen molar-refractivity contribution in [3.8, 4) is 0 Å². The van der Waals surface area contributed by atoms with E-state index >= 15 is 0 Å². The van der Waals surface area contributed by atoms with E-state index in [0.717, 1.165) is 22.5 Å². The van der Waals surface area contributed by atoms with E-state index in [2.05, 4.69) is 0 Å². The lowest BCUT2D eigenvalue weighted by atomic mass is 9.77. The third-order valence-electron chi connectivity index (χ3n) is 3.88. The zero-order chi connectivity index (χ0) is 14.9. The van der Waals surface area contributed by atoms with Crippen LogP contribution < -0.4 is 0 Å². The van der Waals surface area contributed by atoms with Crippen molar-refractivity contribution in [2.24, 2.45) is 4.99 Å². The van der Waals surface area contributed by atoms with Gasteiger partial charge in [-0.25, -0.2) is 0 Å². The second-order valence-corrected chi connectivity index (χ2v) is 5.19. The van der Waals surface area contributed by atoms with Gasteiger partial charge in [0.1, 0.15) is 5.41 Å².